The monoisotopic (exact) mass is 393 g/mol. The van der Waals surface area contributed by atoms with Crippen molar-refractivity contribution in [2.45, 2.75) is 26.8 Å². The Kier molecular flexibility index (Phi) is 4.91. The van der Waals surface area contributed by atoms with Gasteiger partial charge in [-0.05, 0) is 67.3 Å². The van der Waals surface area contributed by atoms with Gasteiger partial charge in [0.15, 0.2) is 11.5 Å². The van der Waals surface area contributed by atoms with Crippen LogP contribution < -0.4 is 18.9 Å². The Hall–Kier alpha value is -3.08. The zero-order valence-corrected chi connectivity index (χ0v) is 17.9. The van der Waals surface area contributed by atoms with Crippen molar-refractivity contribution in [3.8, 4) is 45.4 Å². The maximum absolute atomic E-state index is 5.58. The molecule has 0 aliphatic carbocycles. The molecule has 0 atom stereocenters. The van der Waals surface area contributed by atoms with E-state index in [0.717, 1.165) is 24.3 Å². The minimum absolute atomic E-state index is 0.607. The third-order valence-electron chi connectivity index (χ3n) is 5.89. The van der Waals surface area contributed by atoms with E-state index in [4.69, 9.17) is 18.9 Å². The minimum atomic E-state index is 0.607. The Morgan fingerprint density at radius 1 is 0.828 bits per heavy atom. The van der Waals surface area contributed by atoms with E-state index in [1.807, 2.05) is 18.2 Å². The number of methoxy groups -OCH3 is 4. The first kappa shape index (κ1) is 19.2. The van der Waals surface area contributed by atoms with Crippen LogP contribution in [0.4, 0.5) is 0 Å². The van der Waals surface area contributed by atoms with Crippen LogP contribution >= 0.6 is 0 Å². The maximum Gasteiger partial charge on any atom is 0.203 e. The summed E-state index contributed by atoms with van der Waals surface area (Å²) >= 11 is 0. The largest absolute Gasteiger partial charge is 0.497 e. The smallest absolute Gasteiger partial charge is 0.203 e. The van der Waals surface area contributed by atoms with E-state index in [2.05, 4.69) is 30.5 Å². The molecule has 0 spiro atoms. The molecule has 0 fully saturated rings. The van der Waals surface area contributed by atoms with E-state index < -0.39 is 0 Å². The second-order valence-electron chi connectivity index (χ2n) is 7.27. The van der Waals surface area contributed by atoms with E-state index in [-0.39, 0.29) is 0 Å². The van der Waals surface area contributed by atoms with E-state index in [9.17, 15) is 0 Å². The van der Waals surface area contributed by atoms with Gasteiger partial charge in [0.05, 0.1) is 34.1 Å². The molecule has 0 bridgehead atoms. The van der Waals surface area contributed by atoms with Gasteiger partial charge in [0, 0.05) is 23.4 Å². The van der Waals surface area contributed by atoms with Gasteiger partial charge in [-0.15, -0.1) is 0 Å². The summed E-state index contributed by atoms with van der Waals surface area (Å²) in [7, 11) is 6.63. The molecule has 29 heavy (non-hydrogen) atoms. The van der Waals surface area contributed by atoms with Gasteiger partial charge in [-0.3, -0.25) is 0 Å². The first-order chi connectivity index (χ1) is 14.0. The molecule has 5 heteroatoms. The normalized spacial score (nSPS) is 12.2. The Morgan fingerprint density at radius 2 is 1.52 bits per heavy atom. The third-order valence-corrected chi connectivity index (χ3v) is 5.89. The van der Waals surface area contributed by atoms with Crippen LogP contribution in [0.5, 0.6) is 23.0 Å². The molecule has 0 saturated heterocycles. The minimum Gasteiger partial charge on any atom is -0.497 e. The highest BCUT2D eigenvalue weighted by Gasteiger charge is 2.26. The first-order valence-corrected chi connectivity index (χ1v) is 9.71. The van der Waals surface area contributed by atoms with E-state index in [1.54, 1.807) is 28.4 Å². The molecule has 1 aliphatic heterocycles. The van der Waals surface area contributed by atoms with Crippen molar-refractivity contribution in [3.63, 3.8) is 0 Å². The summed E-state index contributed by atoms with van der Waals surface area (Å²) in [6, 6.07) is 10.4. The predicted molar refractivity (Wildman–Crippen MR) is 115 cm³/mol. The molecule has 0 N–H and O–H groups in total. The van der Waals surface area contributed by atoms with Crippen LogP contribution in [0, 0.1) is 13.8 Å². The lowest BCUT2D eigenvalue weighted by Crippen LogP contribution is -2.12. The van der Waals surface area contributed by atoms with Gasteiger partial charge in [-0.1, -0.05) is 0 Å². The fourth-order valence-electron chi connectivity index (χ4n) is 4.54. The lowest BCUT2D eigenvalue weighted by atomic mass is 9.94. The van der Waals surface area contributed by atoms with E-state index in [1.165, 1.54) is 33.6 Å². The second kappa shape index (κ2) is 7.39. The number of aryl methyl sites for hydroxylation is 1. The van der Waals surface area contributed by atoms with Gasteiger partial charge in [-0.2, -0.15) is 0 Å². The zero-order valence-electron chi connectivity index (χ0n) is 17.9. The number of aromatic nitrogens is 1. The number of rotatable bonds is 5. The molecule has 1 aliphatic rings. The summed E-state index contributed by atoms with van der Waals surface area (Å²) in [5.41, 5.74) is 8.64. The molecule has 0 unspecified atom stereocenters. The average Bonchev–Trinajstić information content (AvgIpc) is 3.02. The Balaban J connectivity index is 1.93. The maximum atomic E-state index is 5.58. The Bertz CT molecular complexity index is 1060. The first-order valence-electron chi connectivity index (χ1n) is 9.71. The van der Waals surface area contributed by atoms with Crippen molar-refractivity contribution in [1.82, 2.24) is 4.57 Å². The molecule has 2 aromatic carbocycles. The van der Waals surface area contributed by atoms with Crippen molar-refractivity contribution >= 4 is 0 Å². The molecular weight excluding hydrogens is 366 g/mol. The van der Waals surface area contributed by atoms with Crippen LogP contribution in [0.1, 0.15) is 16.8 Å². The third kappa shape index (κ3) is 2.92. The van der Waals surface area contributed by atoms with Gasteiger partial charge in [0.25, 0.3) is 0 Å². The highest BCUT2D eigenvalue weighted by molar-refractivity contribution is 5.84. The van der Waals surface area contributed by atoms with Crippen molar-refractivity contribution in [3.05, 3.63) is 47.2 Å². The molecular formula is C24H27NO4. The van der Waals surface area contributed by atoms with E-state index in [0.29, 0.717) is 17.2 Å². The lowest BCUT2D eigenvalue weighted by molar-refractivity contribution is 0.324. The molecule has 1 aromatic heterocycles. The number of hydrogen-bond acceptors (Lipinski definition) is 4. The fraction of sp³-hybridized carbons (Fsp3) is 0.333. The molecule has 4 rings (SSSR count). The Morgan fingerprint density at radius 3 is 2.10 bits per heavy atom. The second-order valence-corrected chi connectivity index (χ2v) is 7.27. The molecule has 0 saturated carbocycles. The highest BCUT2D eigenvalue weighted by atomic mass is 16.5. The van der Waals surface area contributed by atoms with Crippen molar-refractivity contribution in [2.75, 3.05) is 28.4 Å². The average molecular weight is 393 g/mol. The summed E-state index contributed by atoms with van der Waals surface area (Å²) in [5, 5.41) is 0. The number of ether oxygens (including phenoxy) is 4. The number of benzene rings is 2. The van der Waals surface area contributed by atoms with Crippen molar-refractivity contribution < 1.29 is 18.9 Å². The summed E-state index contributed by atoms with van der Waals surface area (Å²) < 4.78 is 24.5. The standard InChI is InChI=1S/C24H27NO4/c1-14-22(17-12-20(27-4)24(29-6)21(13-17)28-5)15(2)25-10-9-16-11-18(26-3)7-8-19(16)23(14)25/h7-8,11-13H,9-10H2,1-6H3. The molecule has 0 radical (unpaired) electrons. The SMILES string of the molecule is COc1ccc2c(c1)CCn1c(C)c(-c3cc(OC)c(OC)c(OC)c3)c(C)c1-2. The zero-order chi connectivity index (χ0) is 20.7. The predicted octanol–water partition coefficient (Wildman–Crippen LogP) is 5.03. The van der Waals surface area contributed by atoms with Crippen molar-refractivity contribution in [1.29, 1.82) is 0 Å². The molecule has 2 heterocycles. The molecule has 3 aromatic rings. The topological polar surface area (TPSA) is 41.9 Å². The quantitative estimate of drug-likeness (QED) is 0.610. The Labute approximate surface area is 171 Å². The highest BCUT2D eigenvalue weighted by Crippen LogP contribution is 2.46. The van der Waals surface area contributed by atoms with Crippen LogP contribution in [-0.4, -0.2) is 33.0 Å². The van der Waals surface area contributed by atoms with Gasteiger partial charge in [-0.25, -0.2) is 0 Å². The number of hydrogen-bond donors (Lipinski definition) is 0. The summed E-state index contributed by atoms with van der Waals surface area (Å²) in [6.45, 7) is 5.33. The van der Waals surface area contributed by atoms with Gasteiger partial charge >= 0.3 is 0 Å². The fourth-order valence-corrected chi connectivity index (χ4v) is 4.54. The van der Waals surface area contributed by atoms with Gasteiger partial charge in [0.1, 0.15) is 5.75 Å². The van der Waals surface area contributed by atoms with E-state index >= 15 is 0 Å². The van der Waals surface area contributed by atoms with Crippen molar-refractivity contribution in [2.24, 2.45) is 0 Å². The van der Waals surface area contributed by atoms with Crippen LogP contribution in [0.3, 0.4) is 0 Å². The van der Waals surface area contributed by atoms with Crippen LogP contribution in [-0.2, 0) is 13.0 Å². The van der Waals surface area contributed by atoms with Gasteiger partial charge < -0.3 is 23.5 Å². The molecule has 0 amide bonds. The van der Waals surface area contributed by atoms with Crippen LogP contribution in [0.2, 0.25) is 0 Å². The summed E-state index contributed by atoms with van der Waals surface area (Å²) in [5.74, 6) is 2.84. The van der Waals surface area contributed by atoms with Crippen LogP contribution in [0.25, 0.3) is 22.4 Å². The number of nitrogens with zero attached hydrogens (tertiary/aromatic N) is 1. The lowest BCUT2D eigenvalue weighted by Gasteiger charge is -2.22. The van der Waals surface area contributed by atoms with Crippen LogP contribution in [0.15, 0.2) is 30.3 Å². The number of fused-ring (bicyclic) bond motifs is 3. The molecule has 152 valence electrons. The summed E-state index contributed by atoms with van der Waals surface area (Å²) in [6.07, 6.45) is 0.989. The van der Waals surface area contributed by atoms with Gasteiger partial charge in [0.2, 0.25) is 5.75 Å². The summed E-state index contributed by atoms with van der Waals surface area (Å²) in [4.78, 5) is 0. The molecule has 5 nitrogen and oxygen atoms in total.